The van der Waals surface area contributed by atoms with Crippen LogP contribution in [0, 0.1) is 0 Å². The fraction of sp³-hybridized carbons (Fsp3) is 0.583. The number of amides is 3. The fourth-order valence-corrected chi connectivity index (χ4v) is 5.87. The molecular formula is C24H32N4O5S. The van der Waals surface area contributed by atoms with Crippen LogP contribution in [0.4, 0.5) is 0 Å². The Kier molecular flexibility index (Phi) is 8.23. The molecule has 1 atom stereocenters. The number of hydrogen-bond acceptors (Lipinski definition) is 7. The monoisotopic (exact) mass is 488 g/mol. The van der Waals surface area contributed by atoms with E-state index in [0.717, 1.165) is 61.9 Å². The van der Waals surface area contributed by atoms with Crippen molar-refractivity contribution in [2.24, 2.45) is 0 Å². The van der Waals surface area contributed by atoms with E-state index in [2.05, 4.69) is 15.1 Å². The third kappa shape index (κ3) is 5.97. The first-order chi connectivity index (χ1) is 16.4. The van der Waals surface area contributed by atoms with Crippen molar-refractivity contribution in [3.63, 3.8) is 0 Å². The molecule has 1 aromatic carbocycles. The zero-order chi connectivity index (χ0) is 24.1. The Morgan fingerprint density at radius 1 is 1.06 bits per heavy atom. The van der Waals surface area contributed by atoms with Crippen LogP contribution in [0.3, 0.4) is 0 Å². The largest absolute Gasteiger partial charge is 0.481 e. The van der Waals surface area contributed by atoms with E-state index >= 15 is 0 Å². The molecule has 0 radical (unpaired) electrons. The lowest BCUT2D eigenvalue weighted by Crippen LogP contribution is -2.52. The van der Waals surface area contributed by atoms with Crippen molar-refractivity contribution in [3.8, 4) is 0 Å². The number of fused-ring (bicyclic) bond motifs is 1. The number of carboxylic acids is 1. The van der Waals surface area contributed by atoms with E-state index < -0.39 is 12.0 Å². The van der Waals surface area contributed by atoms with Crippen molar-refractivity contribution in [1.82, 2.24) is 20.0 Å². The number of piperazine rings is 1. The van der Waals surface area contributed by atoms with Crippen LogP contribution in [-0.2, 0) is 20.9 Å². The standard InChI is InChI=1S/C24H32N4O5S/c29-21-8-7-19(23(32)25-21)28-16-18-17(24(28)33)4-1-5-20(18)34-15-3-10-27-13-11-26(12-14-27)9-2-6-22(30)31/h1,4-5,19H,2-3,6-16H2,(H,30,31)(H,25,29,32). The summed E-state index contributed by atoms with van der Waals surface area (Å²) in [5, 5.41) is 11.1. The maximum Gasteiger partial charge on any atom is 0.303 e. The van der Waals surface area contributed by atoms with Gasteiger partial charge in [-0.25, -0.2) is 0 Å². The van der Waals surface area contributed by atoms with Gasteiger partial charge in [-0.1, -0.05) is 6.07 Å². The van der Waals surface area contributed by atoms with E-state index in [1.165, 1.54) is 0 Å². The molecule has 0 spiro atoms. The number of hydrogen-bond donors (Lipinski definition) is 2. The van der Waals surface area contributed by atoms with E-state index in [0.29, 0.717) is 24.9 Å². The number of nitrogens with zero attached hydrogens (tertiary/aromatic N) is 3. The van der Waals surface area contributed by atoms with E-state index in [1.54, 1.807) is 16.7 Å². The highest BCUT2D eigenvalue weighted by Crippen LogP contribution is 2.34. The third-order valence-corrected chi connectivity index (χ3v) is 7.93. The molecule has 34 heavy (non-hydrogen) atoms. The zero-order valence-corrected chi connectivity index (χ0v) is 20.1. The normalized spacial score (nSPS) is 21.6. The lowest BCUT2D eigenvalue weighted by atomic mass is 10.0. The zero-order valence-electron chi connectivity index (χ0n) is 19.3. The first kappa shape index (κ1) is 24.7. The number of carbonyl (C=O) groups is 4. The molecule has 3 heterocycles. The van der Waals surface area contributed by atoms with E-state index in [1.807, 2.05) is 18.2 Å². The molecule has 4 rings (SSSR count). The predicted molar refractivity (Wildman–Crippen MR) is 128 cm³/mol. The summed E-state index contributed by atoms with van der Waals surface area (Å²) in [6.45, 7) is 6.26. The van der Waals surface area contributed by atoms with Gasteiger partial charge in [0.25, 0.3) is 5.91 Å². The van der Waals surface area contributed by atoms with Gasteiger partial charge in [0.2, 0.25) is 11.8 Å². The van der Waals surface area contributed by atoms with Crippen molar-refractivity contribution in [1.29, 1.82) is 0 Å². The van der Waals surface area contributed by atoms with Crippen LogP contribution in [0.2, 0.25) is 0 Å². The van der Waals surface area contributed by atoms with Gasteiger partial charge in [0.15, 0.2) is 0 Å². The SMILES string of the molecule is O=C(O)CCCN1CCN(CCCSc2cccc3c2CN(C2CCC(=O)NC2=O)C3=O)CC1. The molecule has 1 aromatic rings. The lowest BCUT2D eigenvalue weighted by Gasteiger charge is -2.34. The molecule has 2 saturated heterocycles. The summed E-state index contributed by atoms with van der Waals surface area (Å²) >= 11 is 1.75. The molecule has 0 aromatic heterocycles. The highest BCUT2D eigenvalue weighted by Gasteiger charge is 2.39. The second-order valence-electron chi connectivity index (χ2n) is 9.06. The number of piperidine rings is 1. The summed E-state index contributed by atoms with van der Waals surface area (Å²) in [4.78, 5) is 54.8. The van der Waals surface area contributed by atoms with Crippen LogP contribution in [-0.4, -0.2) is 94.6 Å². The van der Waals surface area contributed by atoms with Gasteiger partial charge < -0.3 is 19.8 Å². The molecule has 0 aliphatic carbocycles. The van der Waals surface area contributed by atoms with Crippen molar-refractivity contribution in [3.05, 3.63) is 29.3 Å². The van der Waals surface area contributed by atoms with Gasteiger partial charge in [-0.15, -0.1) is 11.8 Å². The van der Waals surface area contributed by atoms with Crippen molar-refractivity contribution in [2.75, 3.05) is 45.0 Å². The Balaban J connectivity index is 1.22. The number of benzene rings is 1. The van der Waals surface area contributed by atoms with Crippen molar-refractivity contribution < 1.29 is 24.3 Å². The lowest BCUT2D eigenvalue weighted by molar-refractivity contribution is -0.138. The summed E-state index contributed by atoms with van der Waals surface area (Å²) in [6, 6.07) is 5.18. The summed E-state index contributed by atoms with van der Waals surface area (Å²) in [5.74, 6) is -0.571. The molecule has 2 N–H and O–H groups in total. The highest BCUT2D eigenvalue weighted by molar-refractivity contribution is 7.99. The average Bonchev–Trinajstić information content (AvgIpc) is 3.14. The minimum atomic E-state index is -0.728. The summed E-state index contributed by atoms with van der Waals surface area (Å²) in [6.07, 6.45) is 2.61. The topological polar surface area (TPSA) is 110 Å². The Labute approximate surface area is 203 Å². The number of carboxylic acid groups (broad SMARTS) is 1. The van der Waals surface area contributed by atoms with Crippen LogP contribution < -0.4 is 5.32 Å². The molecule has 184 valence electrons. The van der Waals surface area contributed by atoms with Crippen LogP contribution >= 0.6 is 11.8 Å². The number of imide groups is 1. The van der Waals surface area contributed by atoms with Crippen LogP contribution in [0.15, 0.2) is 23.1 Å². The van der Waals surface area contributed by atoms with Crippen molar-refractivity contribution >= 4 is 35.5 Å². The van der Waals surface area contributed by atoms with Gasteiger partial charge in [-0.3, -0.25) is 24.5 Å². The number of rotatable bonds is 10. The second kappa shape index (κ2) is 11.3. The maximum absolute atomic E-state index is 12.9. The highest BCUT2D eigenvalue weighted by atomic mass is 32.2. The minimum Gasteiger partial charge on any atom is -0.481 e. The number of nitrogens with one attached hydrogen (secondary N) is 1. The van der Waals surface area contributed by atoms with E-state index in [9.17, 15) is 19.2 Å². The van der Waals surface area contributed by atoms with E-state index in [4.69, 9.17) is 5.11 Å². The van der Waals surface area contributed by atoms with Crippen LogP contribution in [0.5, 0.6) is 0 Å². The van der Waals surface area contributed by atoms with Gasteiger partial charge in [0.05, 0.1) is 0 Å². The fourth-order valence-electron chi connectivity index (χ4n) is 4.85. The number of thioether (sulfide) groups is 1. The number of carbonyl (C=O) groups excluding carboxylic acids is 3. The second-order valence-corrected chi connectivity index (χ2v) is 10.2. The molecule has 0 saturated carbocycles. The smallest absolute Gasteiger partial charge is 0.303 e. The molecule has 1 unspecified atom stereocenters. The van der Waals surface area contributed by atoms with Gasteiger partial charge in [-0.05, 0) is 55.8 Å². The summed E-state index contributed by atoms with van der Waals surface area (Å²) < 4.78 is 0. The molecular weight excluding hydrogens is 456 g/mol. The Bertz CT molecular complexity index is 947. The molecule has 10 heteroatoms. The van der Waals surface area contributed by atoms with Crippen molar-refractivity contribution in [2.45, 2.75) is 49.6 Å². The molecule has 3 amide bonds. The Morgan fingerprint density at radius 2 is 1.76 bits per heavy atom. The van der Waals surface area contributed by atoms with E-state index in [-0.39, 0.29) is 30.6 Å². The van der Waals surface area contributed by atoms with Crippen LogP contribution in [0.1, 0.15) is 48.0 Å². The minimum absolute atomic E-state index is 0.131. The summed E-state index contributed by atoms with van der Waals surface area (Å²) in [5.41, 5.74) is 1.64. The maximum atomic E-state index is 12.9. The van der Waals surface area contributed by atoms with Gasteiger partial charge in [-0.2, -0.15) is 0 Å². The number of aliphatic carboxylic acids is 1. The Morgan fingerprint density at radius 3 is 2.44 bits per heavy atom. The first-order valence-corrected chi connectivity index (χ1v) is 13.0. The van der Waals surface area contributed by atoms with Crippen LogP contribution in [0.25, 0.3) is 0 Å². The van der Waals surface area contributed by atoms with Gasteiger partial charge in [0, 0.05) is 56.0 Å². The molecule has 0 bridgehead atoms. The molecule has 3 aliphatic heterocycles. The summed E-state index contributed by atoms with van der Waals surface area (Å²) in [7, 11) is 0. The Hall–Kier alpha value is -2.43. The predicted octanol–water partition coefficient (Wildman–Crippen LogP) is 1.41. The first-order valence-electron chi connectivity index (χ1n) is 12.0. The molecule has 9 nitrogen and oxygen atoms in total. The quantitative estimate of drug-likeness (QED) is 0.289. The molecule has 3 aliphatic rings. The van der Waals surface area contributed by atoms with Gasteiger partial charge >= 0.3 is 5.97 Å². The average molecular weight is 489 g/mol. The van der Waals surface area contributed by atoms with Gasteiger partial charge in [0.1, 0.15) is 6.04 Å². The third-order valence-electron chi connectivity index (χ3n) is 6.75. The molecule has 2 fully saturated rings.